The molecule has 20 heavy (non-hydrogen) atoms. The van der Waals surface area contributed by atoms with Crippen LogP contribution in [0.3, 0.4) is 0 Å². The van der Waals surface area contributed by atoms with E-state index in [1.165, 1.54) is 45.2 Å². The molecule has 2 heteroatoms. The van der Waals surface area contributed by atoms with Crippen LogP contribution >= 0.6 is 0 Å². The number of likely N-dealkylation sites (tertiary alicyclic amines) is 1. The third-order valence-electron chi connectivity index (χ3n) is 5.95. The fraction of sp³-hybridized carbons (Fsp3) is 1.00. The third-order valence-corrected chi connectivity index (χ3v) is 5.95. The van der Waals surface area contributed by atoms with Crippen molar-refractivity contribution >= 4 is 0 Å². The maximum Gasteiger partial charge on any atom is 0.0254 e. The van der Waals surface area contributed by atoms with E-state index >= 15 is 0 Å². The summed E-state index contributed by atoms with van der Waals surface area (Å²) in [6, 6.07) is 1.46. The lowest BCUT2D eigenvalue weighted by atomic mass is 9.71. The predicted octanol–water partition coefficient (Wildman–Crippen LogP) is 3.91. The van der Waals surface area contributed by atoms with Crippen LogP contribution in [0.1, 0.15) is 66.7 Å². The number of rotatable bonds is 2. The van der Waals surface area contributed by atoms with Crippen molar-refractivity contribution < 1.29 is 0 Å². The number of nitrogens with zero attached hydrogens (tertiary/aromatic N) is 1. The summed E-state index contributed by atoms with van der Waals surface area (Å²) >= 11 is 0. The van der Waals surface area contributed by atoms with E-state index in [0.717, 1.165) is 12.0 Å². The van der Waals surface area contributed by atoms with E-state index in [-0.39, 0.29) is 0 Å². The van der Waals surface area contributed by atoms with Crippen LogP contribution in [0, 0.1) is 16.7 Å². The zero-order valence-electron chi connectivity index (χ0n) is 14.6. The Balaban J connectivity index is 1.97. The zero-order valence-corrected chi connectivity index (χ0v) is 14.6. The van der Waals surface area contributed by atoms with Crippen molar-refractivity contribution in [2.75, 3.05) is 20.1 Å². The van der Waals surface area contributed by atoms with E-state index in [2.05, 4.69) is 51.9 Å². The Morgan fingerprint density at radius 1 is 1.05 bits per heavy atom. The third kappa shape index (κ3) is 3.76. The van der Waals surface area contributed by atoms with Gasteiger partial charge in [-0.25, -0.2) is 0 Å². The molecule has 1 heterocycles. The highest BCUT2D eigenvalue weighted by molar-refractivity contribution is 4.95. The minimum Gasteiger partial charge on any atom is -0.315 e. The minimum atomic E-state index is 0.486. The van der Waals surface area contributed by atoms with Gasteiger partial charge in [-0.15, -0.1) is 0 Å². The second-order valence-corrected chi connectivity index (χ2v) is 9.05. The van der Waals surface area contributed by atoms with E-state index in [1.807, 2.05) is 0 Å². The van der Waals surface area contributed by atoms with Crippen LogP contribution in [0.2, 0.25) is 0 Å². The van der Waals surface area contributed by atoms with Gasteiger partial charge >= 0.3 is 0 Å². The number of hydrogen-bond acceptors (Lipinski definition) is 2. The van der Waals surface area contributed by atoms with E-state index in [0.29, 0.717) is 16.9 Å². The quantitative estimate of drug-likeness (QED) is 0.825. The fourth-order valence-electron chi connectivity index (χ4n) is 4.37. The van der Waals surface area contributed by atoms with E-state index < -0.39 is 0 Å². The lowest BCUT2D eigenvalue weighted by Gasteiger charge is -2.49. The van der Waals surface area contributed by atoms with Gasteiger partial charge in [0.15, 0.2) is 0 Å². The summed E-state index contributed by atoms with van der Waals surface area (Å²) in [5.41, 5.74) is 1.01. The largest absolute Gasteiger partial charge is 0.315 e. The molecule has 2 fully saturated rings. The molecule has 1 aliphatic carbocycles. The van der Waals surface area contributed by atoms with Gasteiger partial charge in [-0.2, -0.15) is 0 Å². The van der Waals surface area contributed by atoms with Crippen molar-refractivity contribution in [1.82, 2.24) is 10.2 Å². The highest BCUT2D eigenvalue weighted by atomic mass is 15.2. The number of piperidine rings is 1. The molecule has 118 valence electrons. The van der Waals surface area contributed by atoms with Crippen LogP contribution in [-0.2, 0) is 0 Å². The number of nitrogens with one attached hydrogen (secondary N) is 1. The molecular formula is C18H36N2. The molecule has 0 spiro atoms. The first-order valence-electron chi connectivity index (χ1n) is 8.64. The second-order valence-electron chi connectivity index (χ2n) is 9.05. The summed E-state index contributed by atoms with van der Waals surface area (Å²) in [5, 5.41) is 3.59. The van der Waals surface area contributed by atoms with Gasteiger partial charge in [0.2, 0.25) is 0 Å². The lowest BCUT2D eigenvalue weighted by Crippen LogP contribution is -2.56. The Hall–Kier alpha value is -0.0800. The summed E-state index contributed by atoms with van der Waals surface area (Å²) in [6.45, 7) is 14.7. The van der Waals surface area contributed by atoms with Gasteiger partial charge in [0.1, 0.15) is 0 Å². The highest BCUT2D eigenvalue weighted by Gasteiger charge is 2.39. The van der Waals surface area contributed by atoms with Gasteiger partial charge in [0.05, 0.1) is 0 Å². The van der Waals surface area contributed by atoms with Crippen molar-refractivity contribution in [2.45, 2.75) is 78.8 Å². The van der Waals surface area contributed by atoms with Crippen molar-refractivity contribution in [3.05, 3.63) is 0 Å². The molecule has 1 aliphatic heterocycles. The Kier molecular flexibility index (Phi) is 4.86. The average molecular weight is 281 g/mol. The molecule has 0 aromatic carbocycles. The average Bonchev–Trinajstić information content (AvgIpc) is 2.37. The maximum absolute atomic E-state index is 3.59. The number of likely N-dealkylation sites (N-methyl/N-ethyl adjacent to an activating group) is 1. The molecule has 2 unspecified atom stereocenters. The van der Waals surface area contributed by atoms with Crippen LogP contribution in [-0.4, -0.2) is 37.1 Å². The molecule has 1 saturated heterocycles. The van der Waals surface area contributed by atoms with Crippen LogP contribution in [0.4, 0.5) is 0 Å². The van der Waals surface area contributed by atoms with Crippen molar-refractivity contribution in [3.8, 4) is 0 Å². The monoisotopic (exact) mass is 280 g/mol. The van der Waals surface area contributed by atoms with E-state index in [1.54, 1.807) is 0 Å². The van der Waals surface area contributed by atoms with Crippen molar-refractivity contribution in [3.63, 3.8) is 0 Å². The summed E-state index contributed by atoms with van der Waals surface area (Å²) in [4.78, 5) is 2.80. The summed E-state index contributed by atoms with van der Waals surface area (Å²) < 4.78 is 0. The second kappa shape index (κ2) is 5.96. The van der Waals surface area contributed by atoms with E-state index in [9.17, 15) is 0 Å². The normalized spacial score (nSPS) is 33.3. The van der Waals surface area contributed by atoms with Crippen LogP contribution in [0.15, 0.2) is 0 Å². The number of hydrogen-bond donors (Lipinski definition) is 1. The molecule has 1 N–H and O–H groups in total. The Labute approximate surface area is 126 Å². The smallest absolute Gasteiger partial charge is 0.0254 e. The summed E-state index contributed by atoms with van der Waals surface area (Å²) in [7, 11) is 2.15. The summed E-state index contributed by atoms with van der Waals surface area (Å²) in [5.74, 6) is 0.906. The topological polar surface area (TPSA) is 15.3 Å². The molecule has 2 nitrogen and oxygen atoms in total. The minimum absolute atomic E-state index is 0.486. The molecule has 2 rings (SSSR count). The zero-order chi connectivity index (χ0) is 15.0. The van der Waals surface area contributed by atoms with Gasteiger partial charge in [-0.1, -0.05) is 34.6 Å². The standard InChI is InChI=1S/C18H36N2/c1-17(2,3)14-8-11-20(12-9-14)16-13-18(4,5)10-7-15(16)19-6/h14-16,19H,7-13H2,1-6H3. The predicted molar refractivity (Wildman–Crippen MR) is 88.0 cm³/mol. The lowest BCUT2D eigenvalue weighted by molar-refractivity contribution is 0.0258. The first-order valence-corrected chi connectivity index (χ1v) is 8.64. The molecule has 0 aromatic rings. The van der Waals surface area contributed by atoms with Gasteiger partial charge in [-0.05, 0) is 69.0 Å². The van der Waals surface area contributed by atoms with Crippen molar-refractivity contribution in [2.24, 2.45) is 16.7 Å². The first kappa shape index (κ1) is 16.3. The van der Waals surface area contributed by atoms with Gasteiger partial charge in [0, 0.05) is 12.1 Å². The molecule has 0 aromatic heterocycles. The van der Waals surface area contributed by atoms with Gasteiger partial charge in [-0.3, -0.25) is 4.90 Å². The fourth-order valence-corrected chi connectivity index (χ4v) is 4.37. The molecular weight excluding hydrogens is 244 g/mol. The Bertz CT molecular complexity index is 308. The van der Waals surface area contributed by atoms with Crippen molar-refractivity contribution in [1.29, 1.82) is 0 Å². The maximum atomic E-state index is 3.59. The Morgan fingerprint density at radius 2 is 1.65 bits per heavy atom. The van der Waals surface area contributed by atoms with Crippen LogP contribution in [0.25, 0.3) is 0 Å². The molecule has 0 radical (unpaired) electrons. The molecule has 2 atom stereocenters. The Morgan fingerprint density at radius 3 is 2.15 bits per heavy atom. The molecule has 0 bridgehead atoms. The first-order chi connectivity index (χ1) is 9.23. The molecule has 2 aliphatic rings. The van der Waals surface area contributed by atoms with Gasteiger partial charge < -0.3 is 5.32 Å². The molecule has 0 amide bonds. The summed E-state index contributed by atoms with van der Waals surface area (Å²) in [6.07, 6.45) is 6.84. The van der Waals surface area contributed by atoms with Crippen LogP contribution < -0.4 is 5.32 Å². The SMILES string of the molecule is CNC1CCC(C)(C)CC1N1CCC(C(C)(C)C)CC1. The van der Waals surface area contributed by atoms with E-state index in [4.69, 9.17) is 0 Å². The highest BCUT2D eigenvalue weighted by Crippen LogP contribution is 2.40. The van der Waals surface area contributed by atoms with Gasteiger partial charge in [0.25, 0.3) is 0 Å². The van der Waals surface area contributed by atoms with Crippen LogP contribution in [0.5, 0.6) is 0 Å². The molecule has 1 saturated carbocycles.